The van der Waals surface area contributed by atoms with Gasteiger partial charge in [-0.05, 0) is 37.1 Å². The monoisotopic (exact) mass is 277 g/mol. The number of hydrogen-bond acceptors (Lipinski definition) is 5. The summed E-state index contributed by atoms with van der Waals surface area (Å²) in [5.41, 5.74) is 4.19. The Balaban J connectivity index is 1.81. The van der Waals surface area contributed by atoms with Crippen LogP contribution in [0.4, 0.5) is 11.6 Å². The first kappa shape index (κ1) is 13.2. The highest BCUT2D eigenvalue weighted by molar-refractivity contribution is 5.56. The number of benzene rings is 2. The predicted octanol–water partition coefficient (Wildman–Crippen LogP) is 3.29. The standard InChI is InChI=1S/C16H15N5/c1-11-8-12(2)10-14(9-11)17-16-20-18-15(19-21-16)13-6-4-3-5-7-13/h3-10H,1-2H3,(H,17,20,21). The lowest BCUT2D eigenvalue weighted by Crippen LogP contribution is -2.03. The van der Waals surface area contributed by atoms with Crippen molar-refractivity contribution in [2.45, 2.75) is 13.8 Å². The molecule has 3 rings (SSSR count). The van der Waals surface area contributed by atoms with Gasteiger partial charge in [0.1, 0.15) is 0 Å². The first-order valence-electron chi connectivity index (χ1n) is 6.69. The van der Waals surface area contributed by atoms with Gasteiger partial charge in [0.15, 0.2) is 0 Å². The van der Waals surface area contributed by atoms with Crippen molar-refractivity contribution < 1.29 is 0 Å². The van der Waals surface area contributed by atoms with Crippen LogP contribution < -0.4 is 5.32 Å². The summed E-state index contributed by atoms with van der Waals surface area (Å²) in [6.45, 7) is 4.10. The van der Waals surface area contributed by atoms with Crippen LogP contribution >= 0.6 is 0 Å². The van der Waals surface area contributed by atoms with Crippen LogP contribution in [0.1, 0.15) is 11.1 Å². The molecular weight excluding hydrogens is 262 g/mol. The molecule has 0 radical (unpaired) electrons. The lowest BCUT2D eigenvalue weighted by Gasteiger charge is -2.06. The van der Waals surface area contributed by atoms with Gasteiger partial charge in [-0.1, -0.05) is 36.4 Å². The zero-order valence-corrected chi connectivity index (χ0v) is 11.9. The Morgan fingerprint density at radius 3 is 2.00 bits per heavy atom. The molecule has 0 unspecified atom stereocenters. The van der Waals surface area contributed by atoms with Gasteiger partial charge in [0.05, 0.1) is 0 Å². The minimum absolute atomic E-state index is 0.389. The first-order valence-corrected chi connectivity index (χ1v) is 6.69. The van der Waals surface area contributed by atoms with E-state index in [4.69, 9.17) is 0 Å². The van der Waals surface area contributed by atoms with E-state index in [1.165, 1.54) is 11.1 Å². The van der Waals surface area contributed by atoms with Crippen LogP contribution in [0.5, 0.6) is 0 Å². The number of nitrogens with zero attached hydrogens (tertiary/aromatic N) is 4. The minimum Gasteiger partial charge on any atom is -0.322 e. The Kier molecular flexibility index (Phi) is 3.55. The van der Waals surface area contributed by atoms with Crippen molar-refractivity contribution in [2.75, 3.05) is 5.32 Å². The molecule has 3 aromatic rings. The molecule has 5 nitrogen and oxygen atoms in total. The van der Waals surface area contributed by atoms with E-state index in [1.807, 2.05) is 56.3 Å². The third-order valence-corrected chi connectivity index (χ3v) is 2.99. The number of hydrogen-bond donors (Lipinski definition) is 1. The van der Waals surface area contributed by atoms with E-state index in [1.54, 1.807) is 0 Å². The largest absolute Gasteiger partial charge is 0.322 e. The van der Waals surface area contributed by atoms with E-state index in [9.17, 15) is 0 Å². The van der Waals surface area contributed by atoms with Crippen LogP contribution in [0.15, 0.2) is 48.5 Å². The maximum Gasteiger partial charge on any atom is 0.266 e. The number of aromatic nitrogens is 4. The second-order valence-corrected chi connectivity index (χ2v) is 4.91. The molecular formula is C16H15N5. The van der Waals surface area contributed by atoms with Gasteiger partial charge in [-0.25, -0.2) is 0 Å². The molecule has 0 aliphatic heterocycles. The molecule has 0 bridgehead atoms. The van der Waals surface area contributed by atoms with Crippen LogP contribution in [0.2, 0.25) is 0 Å². The van der Waals surface area contributed by atoms with Gasteiger partial charge in [0.25, 0.3) is 5.95 Å². The summed E-state index contributed by atoms with van der Waals surface area (Å²) in [6, 6.07) is 15.8. The van der Waals surface area contributed by atoms with E-state index in [-0.39, 0.29) is 0 Å². The molecule has 0 saturated carbocycles. The fourth-order valence-corrected chi connectivity index (χ4v) is 2.16. The summed E-state index contributed by atoms with van der Waals surface area (Å²) >= 11 is 0. The fraction of sp³-hybridized carbons (Fsp3) is 0.125. The highest BCUT2D eigenvalue weighted by atomic mass is 15.3. The normalized spacial score (nSPS) is 10.4. The number of rotatable bonds is 3. The Morgan fingerprint density at radius 2 is 1.38 bits per heavy atom. The Bertz CT molecular complexity index is 718. The summed E-state index contributed by atoms with van der Waals surface area (Å²) in [6.07, 6.45) is 0. The lowest BCUT2D eigenvalue weighted by atomic mass is 10.1. The van der Waals surface area contributed by atoms with Crippen molar-refractivity contribution in [3.05, 3.63) is 59.7 Å². The van der Waals surface area contributed by atoms with Gasteiger partial charge in [0, 0.05) is 11.3 Å². The number of nitrogens with one attached hydrogen (secondary N) is 1. The number of aryl methyl sites for hydroxylation is 2. The van der Waals surface area contributed by atoms with Crippen LogP contribution in [0.3, 0.4) is 0 Å². The molecule has 1 N–H and O–H groups in total. The quantitative estimate of drug-likeness (QED) is 0.795. The molecule has 0 atom stereocenters. The zero-order chi connectivity index (χ0) is 14.7. The fourth-order valence-electron chi connectivity index (χ4n) is 2.16. The van der Waals surface area contributed by atoms with E-state index in [2.05, 4.69) is 31.8 Å². The SMILES string of the molecule is Cc1cc(C)cc(Nc2nnc(-c3ccccc3)nn2)c1. The van der Waals surface area contributed by atoms with Crippen LogP contribution in [0, 0.1) is 13.8 Å². The molecule has 1 aromatic heterocycles. The lowest BCUT2D eigenvalue weighted by molar-refractivity contribution is 0.876. The highest BCUT2D eigenvalue weighted by Gasteiger charge is 2.04. The van der Waals surface area contributed by atoms with Crippen LogP contribution in [0.25, 0.3) is 11.4 Å². The third kappa shape index (κ3) is 3.20. The molecule has 0 spiro atoms. The van der Waals surface area contributed by atoms with Crippen LogP contribution in [-0.4, -0.2) is 20.4 Å². The topological polar surface area (TPSA) is 63.6 Å². The smallest absolute Gasteiger partial charge is 0.266 e. The van der Waals surface area contributed by atoms with Crippen LogP contribution in [-0.2, 0) is 0 Å². The van der Waals surface area contributed by atoms with Crippen molar-refractivity contribution in [1.82, 2.24) is 20.4 Å². The zero-order valence-electron chi connectivity index (χ0n) is 11.9. The molecule has 0 amide bonds. The average molecular weight is 277 g/mol. The molecule has 0 aliphatic rings. The second kappa shape index (κ2) is 5.66. The van der Waals surface area contributed by atoms with Crippen molar-refractivity contribution in [3.8, 4) is 11.4 Å². The molecule has 0 fully saturated rings. The first-order chi connectivity index (χ1) is 10.2. The Labute approximate surface area is 123 Å². The van der Waals surface area contributed by atoms with E-state index < -0.39 is 0 Å². The molecule has 104 valence electrons. The van der Waals surface area contributed by atoms with Gasteiger partial charge < -0.3 is 5.32 Å². The molecule has 0 aliphatic carbocycles. The van der Waals surface area contributed by atoms with Gasteiger partial charge in [-0.3, -0.25) is 0 Å². The van der Waals surface area contributed by atoms with Crippen molar-refractivity contribution in [3.63, 3.8) is 0 Å². The minimum atomic E-state index is 0.389. The summed E-state index contributed by atoms with van der Waals surface area (Å²) < 4.78 is 0. The predicted molar refractivity (Wildman–Crippen MR) is 82.3 cm³/mol. The molecule has 0 saturated heterocycles. The summed E-state index contributed by atoms with van der Waals surface area (Å²) in [5, 5.41) is 19.5. The van der Waals surface area contributed by atoms with Gasteiger partial charge in [-0.15, -0.1) is 20.4 Å². The third-order valence-electron chi connectivity index (χ3n) is 2.99. The number of anilines is 2. The van der Waals surface area contributed by atoms with E-state index >= 15 is 0 Å². The average Bonchev–Trinajstić information content (AvgIpc) is 2.48. The molecule has 5 heteroatoms. The summed E-state index contributed by atoms with van der Waals surface area (Å²) in [5.74, 6) is 0.904. The summed E-state index contributed by atoms with van der Waals surface area (Å²) in [4.78, 5) is 0. The Hall–Kier alpha value is -2.82. The van der Waals surface area contributed by atoms with Gasteiger partial charge in [-0.2, -0.15) is 0 Å². The second-order valence-electron chi connectivity index (χ2n) is 4.91. The molecule has 1 heterocycles. The maximum absolute atomic E-state index is 4.10. The van der Waals surface area contributed by atoms with Gasteiger partial charge >= 0.3 is 0 Å². The Morgan fingerprint density at radius 1 is 0.762 bits per heavy atom. The van der Waals surface area contributed by atoms with Gasteiger partial charge in [0.2, 0.25) is 5.82 Å². The van der Waals surface area contributed by atoms with E-state index in [0.717, 1.165) is 11.3 Å². The molecule has 2 aromatic carbocycles. The van der Waals surface area contributed by atoms with Crippen molar-refractivity contribution >= 4 is 11.6 Å². The van der Waals surface area contributed by atoms with Crippen molar-refractivity contribution in [2.24, 2.45) is 0 Å². The highest BCUT2D eigenvalue weighted by Crippen LogP contribution is 2.17. The van der Waals surface area contributed by atoms with Crippen molar-refractivity contribution in [1.29, 1.82) is 0 Å². The maximum atomic E-state index is 4.10. The summed E-state index contributed by atoms with van der Waals surface area (Å²) in [7, 11) is 0. The molecule has 21 heavy (non-hydrogen) atoms. The van der Waals surface area contributed by atoms with E-state index in [0.29, 0.717) is 11.8 Å².